The van der Waals surface area contributed by atoms with Crippen LogP contribution in [0.5, 0.6) is 0 Å². The summed E-state index contributed by atoms with van der Waals surface area (Å²) in [6.07, 6.45) is 6.92. The van der Waals surface area contributed by atoms with E-state index in [0.29, 0.717) is 12.8 Å². The summed E-state index contributed by atoms with van der Waals surface area (Å²) in [5, 5.41) is 28.8. The zero-order valence-electron chi connectivity index (χ0n) is 24.3. The highest BCUT2D eigenvalue weighted by Crippen LogP contribution is 2.53. The number of piperidine rings is 1. The quantitative estimate of drug-likeness (QED) is 0.109. The molecule has 0 spiro atoms. The molecule has 2 unspecified atom stereocenters. The lowest BCUT2D eigenvalue weighted by molar-refractivity contribution is -0.00504. The van der Waals surface area contributed by atoms with Crippen molar-refractivity contribution in [1.82, 2.24) is 20.5 Å². The molecule has 224 valence electrons. The molecule has 0 bridgehead atoms. The molecule has 5 N–H and O–H groups in total. The highest BCUT2D eigenvalue weighted by Gasteiger charge is 2.49. The monoisotopic (exact) mass is 576 g/mol. The Kier molecular flexibility index (Phi) is 8.11. The van der Waals surface area contributed by atoms with E-state index < -0.39 is 29.8 Å². The van der Waals surface area contributed by atoms with E-state index in [1.54, 1.807) is 13.0 Å². The number of rotatable bonds is 13. The fourth-order valence-electron chi connectivity index (χ4n) is 7.07. The Balaban J connectivity index is 1.10. The number of allylic oxidation sites excluding steroid dienone is 1. The predicted molar refractivity (Wildman–Crippen MR) is 161 cm³/mol. The molecule has 2 atom stereocenters. The zero-order valence-corrected chi connectivity index (χ0v) is 24.3. The first-order valence-electron chi connectivity index (χ1n) is 15.3. The normalized spacial score (nSPS) is 20.5. The van der Waals surface area contributed by atoms with Gasteiger partial charge in [0.05, 0.1) is 17.7 Å². The van der Waals surface area contributed by atoms with Crippen molar-refractivity contribution in [3.05, 3.63) is 95.3 Å². The number of unbranched alkanes of at least 4 members (excludes halogenated alkanes) is 1. The van der Waals surface area contributed by atoms with E-state index in [1.165, 1.54) is 0 Å². The van der Waals surface area contributed by atoms with Crippen LogP contribution in [0.15, 0.2) is 78.5 Å². The summed E-state index contributed by atoms with van der Waals surface area (Å²) in [5.74, 6) is -2.95. The smallest absolute Gasteiger partial charge is 0.281 e. The van der Waals surface area contributed by atoms with Crippen LogP contribution in [0.2, 0.25) is 0 Å². The van der Waals surface area contributed by atoms with Crippen molar-refractivity contribution in [2.24, 2.45) is 0 Å². The van der Waals surface area contributed by atoms with E-state index in [9.17, 15) is 19.0 Å². The van der Waals surface area contributed by atoms with Crippen molar-refractivity contribution in [2.45, 2.75) is 74.8 Å². The Hall–Kier alpha value is -2.88. The Bertz CT molecular complexity index is 1350. The summed E-state index contributed by atoms with van der Waals surface area (Å²) in [6, 6.07) is 20.2. The molecule has 6 rings (SSSR count). The Labute approximate surface area is 246 Å². The van der Waals surface area contributed by atoms with Crippen LogP contribution in [0.1, 0.15) is 62.3 Å². The van der Waals surface area contributed by atoms with Crippen molar-refractivity contribution >= 4 is 0 Å². The van der Waals surface area contributed by atoms with Crippen LogP contribution in [-0.4, -0.2) is 64.5 Å². The van der Waals surface area contributed by atoms with Gasteiger partial charge in [0.25, 0.3) is 5.92 Å². The van der Waals surface area contributed by atoms with Gasteiger partial charge in [-0.1, -0.05) is 61.0 Å². The van der Waals surface area contributed by atoms with Crippen molar-refractivity contribution in [3.63, 3.8) is 0 Å². The molecular formula is C34H42F2N4O2. The topological polar surface area (TPSA) is 83.6 Å². The molecule has 1 aliphatic heterocycles. The number of hydrogen-bond acceptors (Lipinski definition) is 5. The van der Waals surface area contributed by atoms with Crippen LogP contribution in [0.4, 0.5) is 8.78 Å². The maximum atomic E-state index is 14.6. The number of nitrogens with one attached hydrogen (secondary N) is 3. The number of likely N-dealkylation sites (tertiary alicyclic amines) is 1. The van der Waals surface area contributed by atoms with Crippen LogP contribution in [0, 0.1) is 0 Å². The molecule has 0 amide bonds. The maximum absolute atomic E-state index is 14.6. The van der Waals surface area contributed by atoms with Crippen molar-refractivity contribution in [3.8, 4) is 11.1 Å². The number of alkyl halides is 2. The third-order valence-electron chi connectivity index (χ3n) is 9.46. The molecule has 2 heterocycles. The number of aliphatic hydroxyl groups excluding tert-OH is 1. The van der Waals surface area contributed by atoms with E-state index in [2.05, 4.69) is 32.7 Å². The largest absolute Gasteiger partial charge is 0.377 e. The highest BCUT2D eigenvalue weighted by atomic mass is 19.3. The lowest BCUT2D eigenvalue weighted by Gasteiger charge is -2.38. The van der Waals surface area contributed by atoms with Gasteiger partial charge in [0.1, 0.15) is 6.23 Å². The molecule has 0 radical (unpaired) electrons. The Morgan fingerprint density at radius 2 is 1.64 bits per heavy atom. The Morgan fingerprint density at radius 3 is 2.24 bits per heavy atom. The summed E-state index contributed by atoms with van der Waals surface area (Å²) in [7, 11) is 0. The lowest BCUT2D eigenvalue weighted by Crippen LogP contribution is -2.51. The fraction of sp³-hybridized carbons (Fsp3) is 0.471. The van der Waals surface area contributed by atoms with E-state index >= 15 is 0 Å². The SMILES string of the molecule is CC(O)(NC1CCN(CCCCC2(C(O)NCC(F)(F)C3=CC3)c3ccccc3-c3ccccc32)CC1)c1ccc[nH]1. The first-order valence-corrected chi connectivity index (χ1v) is 15.3. The molecular weight excluding hydrogens is 534 g/mol. The number of hydrogen-bond donors (Lipinski definition) is 5. The van der Waals surface area contributed by atoms with Gasteiger partial charge >= 0.3 is 0 Å². The molecule has 2 aromatic carbocycles. The van der Waals surface area contributed by atoms with Gasteiger partial charge in [-0.25, -0.2) is 8.78 Å². The fourth-order valence-corrected chi connectivity index (χ4v) is 7.07. The number of aromatic nitrogens is 1. The van der Waals surface area contributed by atoms with Crippen molar-refractivity contribution in [1.29, 1.82) is 0 Å². The predicted octanol–water partition coefficient (Wildman–Crippen LogP) is 5.24. The summed E-state index contributed by atoms with van der Waals surface area (Å²) in [6.45, 7) is 4.05. The number of aromatic amines is 1. The summed E-state index contributed by atoms with van der Waals surface area (Å²) >= 11 is 0. The molecule has 0 saturated carbocycles. The van der Waals surface area contributed by atoms with Crippen molar-refractivity contribution < 1.29 is 19.0 Å². The molecule has 1 aromatic heterocycles. The number of nitrogens with zero attached hydrogens (tertiary/aromatic N) is 1. The van der Waals surface area contributed by atoms with Gasteiger partial charge in [-0.15, -0.1) is 0 Å². The van der Waals surface area contributed by atoms with Gasteiger partial charge in [-0.3, -0.25) is 10.6 Å². The second-order valence-corrected chi connectivity index (χ2v) is 12.4. The van der Waals surface area contributed by atoms with E-state index in [1.807, 2.05) is 54.7 Å². The molecule has 6 nitrogen and oxygen atoms in total. The van der Waals surface area contributed by atoms with Crippen LogP contribution in [-0.2, 0) is 11.1 Å². The van der Waals surface area contributed by atoms with Gasteiger partial charge in [0.2, 0.25) is 0 Å². The number of H-pyrrole nitrogens is 1. The molecule has 42 heavy (non-hydrogen) atoms. The maximum Gasteiger partial charge on any atom is 0.281 e. The standard InChI is InChI=1S/C34H42F2N4O2/c1-32(42,30-13-8-19-37-30)39-25-16-21-40(22-17-25)20-7-6-18-33(31(41)38-23-34(35,36)24-14-15-24)28-11-4-2-9-26(28)27-10-3-5-12-29(27)33/h2-5,8-14,19,25,31,37-39,41-42H,6-7,15-18,20-23H2,1H3. The summed E-state index contributed by atoms with van der Waals surface area (Å²) in [5.41, 5.74) is 3.15. The van der Waals surface area contributed by atoms with Crippen LogP contribution in [0.25, 0.3) is 11.1 Å². The van der Waals surface area contributed by atoms with Crippen LogP contribution in [0.3, 0.4) is 0 Å². The minimum atomic E-state index is -2.95. The van der Waals surface area contributed by atoms with Crippen LogP contribution < -0.4 is 10.6 Å². The van der Waals surface area contributed by atoms with Gasteiger partial charge in [0, 0.05) is 12.2 Å². The van der Waals surface area contributed by atoms with Crippen molar-refractivity contribution in [2.75, 3.05) is 26.2 Å². The van der Waals surface area contributed by atoms with Gasteiger partial charge in [-0.05, 0) is 98.6 Å². The molecule has 3 aromatic rings. The highest BCUT2D eigenvalue weighted by molar-refractivity contribution is 5.81. The minimum absolute atomic E-state index is 0.148. The van der Waals surface area contributed by atoms with Gasteiger partial charge in [0.15, 0.2) is 5.72 Å². The minimum Gasteiger partial charge on any atom is -0.377 e. The zero-order chi connectivity index (χ0) is 29.4. The lowest BCUT2D eigenvalue weighted by atomic mass is 9.72. The third-order valence-corrected chi connectivity index (χ3v) is 9.46. The van der Waals surface area contributed by atoms with Gasteiger partial charge < -0.3 is 20.1 Å². The number of fused-ring (bicyclic) bond motifs is 3. The second kappa shape index (κ2) is 11.7. The average molecular weight is 577 g/mol. The molecule has 3 aliphatic rings. The molecule has 1 fully saturated rings. The second-order valence-electron chi connectivity index (χ2n) is 12.4. The summed E-state index contributed by atoms with van der Waals surface area (Å²) < 4.78 is 29.2. The Morgan fingerprint density at radius 1 is 1.00 bits per heavy atom. The van der Waals surface area contributed by atoms with Gasteiger partial charge in [-0.2, -0.15) is 0 Å². The molecule has 2 aliphatic carbocycles. The van der Waals surface area contributed by atoms with E-state index in [-0.39, 0.29) is 11.6 Å². The van der Waals surface area contributed by atoms with Crippen LogP contribution >= 0.6 is 0 Å². The molecule has 8 heteroatoms. The number of aliphatic hydroxyl groups is 2. The third kappa shape index (κ3) is 5.71. The van der Waals surface area contributed by atoms with E-state index in [4.69, 9.17) is 0 Å². The summed E-state index contributed by atoms with van der Waals surface area (Å²) in [4.78, 5) is 5.56. The molecule has 1 saturated heterocycles. The first kappa shape index (κ1) is 29.2. The van der Waals surface area contributed by atoms with E-state index in [0.717, 1.165) is 73.3 Å². The number of benzene rings is 2. The number of halogens is 2. The average Bonchev–Trinajstić information content (AvgIpc) is 3.63. The first-order chi connectivity index (χ1) is 20.2.